The average molecular weight is 299 g/mol. The number of amides is 1. The van der Waals surface area contributed by atoms with Crippen LogP contribution in [0.3, 0.4) is 0 Å². The lowest BCUT2D eigenvalue weighted by molar-refractivity contribution is 0.0600. The lowest BCUT2D eigenvalue weighted by atomic mass is 10.1. The van der Waals surface area contributed by atoms with Gasteiger partial charge in [-0.1, -0.05) is 19.1 Å². The van der Waals surface area contributed by atoms with Crippen molar-refractivity contribution < 1.29 is 14.3 Å². The summed E-state index contributed by atoms with van der Waals surface area (Å²) in [7, 11) is 1.33. The van der Waals surface area contributed by atoms with Crippen molar-refractivity contribution in [2.45, 2.75) is 13.3 Å². The number of rotatable bonds is 5. The van der Waals surface area contributed by atoms with Gasteiger partial charge in [0, 0.05) is 11.9 Å². The molecule has 1 aromatic heterocycles. The Bertz CT molecular complexity index is 715. The number of aromatic amines is 1. The number of nitrogens with zero attached hydrogens (tertiary/aromatic N) is 1. The number of methoxy groups -OCH3 is 1. The summed E-state index contributed by atoms with van der Waals surface area (Å²) in [4.78, 5) is 30.2. The van der Waals surface area contributed by atoms with Crippen molar-refractivity contribution in [2.24, 2.45) is 10.7 Å². The Balaban J connectivity index is 2.38. The Kier molecular flexibility index (Phi) is 4.73. The van der Waals surface area contributed by atoms with Crippen LogP contribution in [0.1, 0.15) is 34.1 Å². The molecule has 2 aromatic rings. The molecule has 0 saturated heterocycles. The maximum Gasteiger partial charge on any atom is 0.337 e. The molecule has 0 radical (unpaired) electrons. The van der Waals surface area contributed by atoms with E-state index in [2.05, 4.69) is 14.7 Å². The number of hydrogen-bond donors (Lipinski definition) is 2. The minimum atomic E-state index is -0.545. The van der Waals surface area contributed by atoms with Crippen LogP contribution in [0, 0.1) is 0 Å². The van der Waals surface area contributed by atoms with Gasteiger partial charge in [0.2, 0.25) is 0 Å². The van der Waals surface area contributed by atoms with Crippen molar-refractivity contribution in [1.29, 1.82) is 0 Å². The van der Waals surface area contributed by atoms with Crippen LogP contribution >= 0.6 is 0 Å². The highest BCUT2D eigenvalue weighted by molar-refractivity contribution is 5.99. The van der Waals surface area contributed by atoms with Crippen LogP contribution in [0.2, 0.25) is 0 Å². The molecule has 3 N–H and O–H groups in total. The number of H-pyrrole nitrogens is 1. The van der Waals surface area contributed by atoms with E-state index in [4.69, 9.17) is 5.73 Å². The summed E-state index contributed by atoms with van der Waals surface area (Å²) in [5.74, 6) is -0.512. The van der Waals surface area contributed by atoms with Gasteiger partial charge in [0.25, 0.3) is 5.91 Å². The van der Waals surface area contributed by atoms with Crippen molar-refractivity contribution in [3.8, 4) is 11.3 Å². The van der Waals surface area contributed by atoms with E-state index in [1.807, 2.05) is 6.92 Å². The maximum atomic E-state index is 11.5. The number of benzene rings is 1. The van der Waals surface area contributed by atoms with Crippen LogP contribution in [0.15, 0.2) is 35.3 Å². The fourth-order valence-corrected chi connectivity index (χ4v) is 1.98. The van der Waals surface area contributed by atoms with Crippen LogP contribution in [-0.4, -0.2) is 30.2 Å². The highest BCUT2D eigenvalue weighted by Gasteiger charge is 2.13. The number of esters is 1. The van der Waals surface area contributed by atoms with E-state index >= 15 is 0 Å². The van der Waals surface area contributed by atoms with Crippen molar-refractivity contribution in [1.82, 2.24) is 4.98 Å². The van der Waals surface area contributed by atoms with Crippen molar-refractivity contribution in [3.63, 3.8) is 0 Å². The SMILES string of the molecule is CC/C=N\c1[nH]c(-c2ccc(C(=O)OC)cc2)cc1C(N)=O. The van der Waals surface area contributed by atoms with Crippen LogP contribution in [0.4, 0.5) is 5.82 Å². The predicted octanol–water partition coefficient (Wildman–Crippen LogP) is 2.68. The van der Waals surface area contributed by atoms with Crippen LogP contribution < -0.4 is 5.73 Å². The molecule has 6 heteroatoms. The molecular weight excluding hydrogens is 282 g/mol. The second-order valence-electron chi connectivity index (χ2n) is 4.60. The van der Waals surface area contributed by atoms with Crippen molar-refractivity contribution >= 4 is 23.9 Å². The summed E-state index contributed by atoms with van der Waals surface area (Å²) in [6.45, 7) is 1.95. The van der Waals surface area contributed by atoms with Gasteiger partial charge >= 0.3 is 5.97 Å². The van der Waals surface area contributed by atoms with Gasteiger partial charge in [0.1, 0.15) is 5.82 Å². The number of hydrogen-bond acceptors (Lipinski definition) is 4. The molecule has 114 valence electrons. The number of nitrogens with one attached hydrogen (secondary N) is 1. The maximum absolute atomic E-state index is 11.5. The van der Waals surface area contributed by atoms with Gasteiger partial charge in [-0.3, -0.25) is 4.79 Å². The lowest BCUT2D eigenvalue weighted by Crippen LogP contribution is -2.09. The minimum absolute atomic E-state index is 0.330. The van der Waals surface area contributed by atoms with Crippen molar-refractivity contribution in [2.75, 3.05) is 7.11 Å². The fraction of sp³-hybridized carbons (Fsp3) is 0.188. The van der Waals surface area contributed by atoms with Crippen LogP contribution in [0.5, 0.6) is 0 Å². The fourth-order valence-electron chi connectivity index (χ4n) is 1.98. The molecule has 1 amide bonds. The summed E-state index contributed by atoms with van der Waals surface area (Å²) in [6.07, 6.45) is 2.45. The summed E-state index contributed by atoms with van der Waals surface area (Å²) >= 11 is 0. The average Bonchev–Trinajstić information content (AvgIpc) is 2.96. The van der Waals surface area contributed by atoms with E-state index in [1.54, 1.807) is 36.5 Å². The van der Waals surface area contributed by atoms with Gasteiger partial charge in [0.15, 0.2) is 0 Å². The van der Waals surface area contributed by atoms with Crippen molar-refractivity contribution in [3.05, 3.63) is 41.5 Å². The number of aromatic nitrogens is 1. The smallest absolute Gasteiger partial charge is 0.337 e. The zero-order valence-electron chi connectivity index (χ0n) is 12.4. The Hall–Kier alpha value is -2.89. The molecule has 22 heavy (non-hydrogen) atoms. The van der Waals surface area contributed by atoms with Gasteiger partial charge in [-0.15, -0.1) is 0 Å². The molecule has 1 aromatic carbocycles. The standard InChI is InChI=1S/C16H17N3O3/c1-3-8-18-15-12(14(17)20)9-13(19-15)10-4-6-11(7-5-10)16(21)22-2/h4-9,19H,3H2,1-2H3,(H2,17,20)/b18-8-. The molecule has 0 aliphatic carbocycles. The quantitative estimate of drug-likeness (QED) is 0.656. The molecular formula is C16H17N3O3. The topological polar surface area (TPSA) is 97.5 Å². The molecule has 2 rings (SSSR count). The minimum Gasteiger partial charge on any atom is -0.465 e. The van der Waals surface area contributed by atoms with Crippen LogP contribution in [0.25, 0.3) is 11.3 Å². The Morgan fingerprint density at radius 2 is 2.00 bits per heavy atom. The summed E-state index contributed by atoms with van der Waals surface area (Å²) in [5, 5.41) is 0. The number of aliphatic imine (C=N–C) groups is 1. The lowest BCUT2D eigenvalue weighted by Gasteiger charge is -2.01. The van der Waals surface area contributed by atoms with Gasteiger partial charge in [-0.2, -0.15) is 0 Å². The first kappa shape index (κ1) is 15.5. The highest BCUT2D eigenvalue weighted by Crippen LogP contribution is 2.27. The van der Waals surface area contributed by atoms with E-state index in [1.165, 1.54) is 7.11 Å². The number of ether oxygens (including phenoxy) is 1. The third-order valence-electron chi connectivity index (χ3n) is 3.08. The highest BCUT2D eigenvalue weighted by atomic mass is 16.5. The molecule has 0 spiro atoms. The molecule has 0 aliphatic heterocycles. The molecule has 0 fully saturated rings. The molecule has 0 bridgehead atoms. The number of primary amides is 1. The summed E-state index contributed by atoms with van der Waals surface area (Å²) in [6, 6.07) is 8.48. The largest absolute Gasteiger partial charge is 0.465 e. The molecule has 6 nitrogen and oxygen atoms in total. The summed E-state index contributed by atoms with van der Waals surface area (Å²) < 4.78 is 4.65. The molecule has 0 atom stereocenters. The Morgan fingerprint density at radius 3 is 2.55 bits per heavy atom. The monoisotopic (exact) mass is 299 g/mol. The van der Waals surface area contributed by atoms with Crippen LogP contribution in [-0.2, 0) is 4.74 Å². The second-order valence-corrected chi connectivity index (χ2v) is 4.60. The summed E-state index contributed by atoms with van der Waals surface area (Å²) in [5.41, 5.74) is 7.67. The van der Waals surface area contributed by atoms with E-state index in [0.29, 0.717) is 22.6 Å². The first-order chi connectivity index (χ1) is 10.6. The molecule has 1 heterocycles. The zero-order chi connectivity index (χ0) is 16.1. The third kappa shape index (κ3) is 3.22. The normalized spacial score (nSPS) is 10.8. The second kappa shape index (κ2) is 6.71. The van der Waals surface area contributed by atoms with E-state index < -0.39 is 11.9 Å². The number of carbonyl (C=O) groups excluding carboxylic acids is 2. The predicted molar refractivity (Wildman–Crippen MR) is 84.5 cm³/mol. The van der Waals surface area contributed by atoms with E-state index in [0.717, 1.165) is 12.0 Å². The molecule has 0 saturated carbocycles. The Labute approximate surface area is 128 Å². The Morgan fingerprint density at radius 1 is 1.32 bits per heavy atom. The third-order valence-corrected chi connectivity index (χ3v) is 3.08. The van der Waals surface area contributed by atoms with Gasteiger partial charge in [-0.05, 0) is 30.2 Å². The number of nitrogens with two attached hydrogens (primary N) is 1. The zero-order valence-corrected chi connectivity index (χ0v) is 12.4. The molecule has 0 aliphatic rings. The van der Waals surface area contributed by atoms with E-state index in [9.17, 15) is 9.59 Å². The first-order valence-corrected chi connectivity index (χ1v) is 6.81. The first-order valence-electron chi connectivity index (χ1n) is 6.81. The molecule has 0 unspecified atom stereocenters. The van der Waals surface area contributed by atoms with Gasteiger partial charge < -0.3 is 15.5 Å². The van der Waals surface area contributed by atoms with E-state index in [-0.39, 0.29) is 0 Å². The van der Waals surface area contributed by atoms with Gasteiger partial charge in [0.05, 0.1) is 18.2 Å². The number of carbonyl (C=O) groups is 2. The van der Waals surface area contributed by atoms with Gasteiger partial charge in [-0.25, -0.2) is 9.79 Å².